The number of alkyl halides is 1. The van der Waals surface area contributed by atoms with Crippen LogP contribution in [0.15, 0.2) is 18.2 Å². The highest BCUT2D eigenvalue weighted by Crippen LogP contribution is 2.22. The summed E-state index contributed by atoms with van der Waals surface area (Å²) in [6, 6.07) is 3.53. The Morgan fingerprint density at radius 2 is 1.74 bits per heavy atom. The lowest BCUT2D eigenvalue weighted by molar-refractivity contribution is -0.147. The van der Waals surface area contributed by atoms with Crippen molar-refractivity contribution in [3.8, 4) is 0 Å². The molecule has 35 heavy (non-hydrogen) atoms. The van der Waals surface area contributed by atoms with Gasteiger partial charge in [0.05, 0.1) is 11.9 Å². The van der Waals surface area contributed by atoms with Gasteiger partial charge in [0, 0.05) is 37.9 Å². The van der Waals surface area contributed by atoms with E-state index in [9.17, 15) is 33.9 Å². The lowest BCUT2D eigenvalue weighted by atomic mass is 10.0. The van der Waals surface area contributed by atoms with E-state index >= 15 is 0 Å². The van der Waals surface area contributed by atoms with Gasteiger partial charge in [0.15, 0.2) is 5.12 Å². The number of aliphatic hydroxyl groups excluding tert-OH is 1. The molecule has 1 aromatic carbocycles. The van der Waals surface area contributed by atoms with Gasteiger partial charge in [0.1, 0.15) is 6.04 Å². The summed E-state index contributed by atoms with van der Waals surface area (Å²) in [6.07, 6.45) is 0.266. The van der Waals surface area contributed by atoms with Crippen molar-refractivity contribution < 1.29 is 39.0 Å². The molecule has 0 heterocycles. The van der Waals surface area contributed by atoms with Crippen LogP contribution in [0.1, 0.15) is 24.5 Å². The van der Waals surface area contributed by atoms with E-state index in [0.29, 0.717) is 12.0 Å². The molecule has 12 nitrogen and oxygen atoms in total. The van der Waals surface area contributed by atoms with E-state index in [1.54, 1.807) is 12.1 Å². The lowest BCUT2D eigenvalue weighted by Gasteiger charge is -2.17. The zero-order chi connectivity index (χ0) is 26.4. The summed E-state index contributed by atoms with van der Waals surface area (Å²) in [5.41, 5.74) is 1.67. The molecule has 0 saturated heterocycles. The van der Waals surface area contributed by atoms with Crippen molar-refractivity contribution >= 4 is 68.1 Å². The number of benzene rings is 1. The molecule has 1 aromatic rings. The molecule has 1 atom stereocenters. The summed E-state index contributed by atoms with van der Waals surface area (Å²) in [6.45, 7) is 1.01. The Balaban J connectivity index is 2.70. The van der Waals surface area contributed by atoms with Crippen LogP contribution in [0.2, 0.25) is 0 Å². The smallest absolute Gasteiger partial charge is 0.394 e. The monoisotopic (exact) mass is 574 g/mol. The van der Waals surface area contributed by atoms with Crippen molar-refractivity contribution in [2.45, 2.75) is 31.6 Å². The third-order valence-electron chi connectivity index (χ3n) is 4.41. The minimum absolute atomic E-state index is 0.0650. The number of aliphatic carboxylic acids is 1. The predicted molar refractivity (Wildman–Crippen MR) is 132 cm³/mol. The number of carbonyl (C=O) groups excluding carboxylic acids is 5. The largest absolute Gasteiger partial charge is 0.474 e. The first-order valence-electron chi connectivity index (χ1n) is 10.4. The lowest BCUT2D eigenvalue weighted by Crippen LogP contribution is -2.49. The van der Waals surface area contributed by atoms with Crippen LogP contribution in [0.3, 0.4) is 0 Å². The van der Waals surface area contributed by atoms with Gasteiger partial charge in [0.25, 0.3) is 0 Å². The van der Waals surface area contributed by atoms with Gasteiger partial charge in [-0.05, 0) is 29.7 Å². The van der Waals surface area contributed by atoms with E-state index in [2.05, 4.69) is 37.2 Å². The maximum absolute atomic E-state index is 12.4. The van der Waals surface area contributed by atoms with Gasteiger partial charge in [-0.15, -0.1) is 0 Å². The van der Waals surface area contributed by atoms with Crippen LogP contribution >= 0.6 is 27.7 Å². The molecule has 0 aromatic heterocycles. The van der Waals surface area contributed by atoms with Gasteiger partial charge in [-0.25, -0.2) is 4.79 Å². The molecule has 192 valence electrons. The molecule has 0 fully saturated rings. The summed E-state index contributed by atoms with van der Waals surface area (Å²) in [4.78, 5) is 69.0. The highest BCUT2D eigenvalue weighted by atomic mass is 79.9. The van der Waals surface area contributed by atoms with Crippen LogP contribution in [0.25, 0.3) is 0 Å². The number of hydrogen-bond acceptors (Lipinski definition) is 8. The molecule has 0 aliphatic carbocycles. The number of halogens is 1. The van der Waals surface area contributed by atoms with Crippen molar-refractivity contribution in [3.05, 3.63) is 29.3 Å². The van der Waals surface area contributed by atoms with E-state index in [0.717, 1.165) is 17.3 Å². The molecule has 0 spiro atoms. The number of anilines is 1. The second-order valence-corrected chi connectivity index (χ2v) is 8.81. The Labute approximate surface area is 214 Å². The Hall–Kier alpha value is -2.97. The topological polar surface area (TPSA) is 191 Å². The maximum atomic E-state index is 12.4. The van der Waals surface area contributed by atoms with E-state index in [4.69, 9.17) is 5.11 Å². The number of rotatable bonds is 13. The van der Waals surface area contributed by atoms with Crippen LogP contribution in [0.4, 0.5) is 5.69 Å². The van der Waals surface area contributed by atoms with Gasteiger partial charge < -0.3 is 31.5 Å². The van der Waals surface area contributed by atoms with Crippen molar-refractivity contribution in [2.24, 2.45) is 0 Å². The van der Waals surface area contributed by atoms with E-state index < -0.39 is 36.3 Å². The van der Waals surface area contributed by atoms with Crippen molar-refractivity contribution in [1.82, 2.24) is 16.0 Å². The van der Waals surface area contributed by atoms with Gasteiger partial charge in [-0.3, -0.25) is 24.0 Å². The zero-order valence-corrected chi connectivity index (χ0v) is 21.3. The fraction of sp³-hybridized carbons (Fsp3) is 0.429. The van der Waals surface area contributed by atoms with E-state index in [1.807, 2.05) is 0 Å². The third-order valence-corrected chi connectivity index (χ3v) is 5.78. The first-order valence-corrected chi connectivity index (χ1v) is 12.5. The fourth-order valence-corrected chi connectivity index (χ4v) is 3.54. The number of aliphatic hydroxyl groups is 1. The fourth-order valence-electron chi connectivity index (χ4n) is 2.71. The molecule has 0 aliphatic heterocycles. The summed E-state index contributed by atoms with van der Waals surface area (Å²) in [7, 11) is 0. The van der Waals surface area contributed by atoms with Gasteiger partial charge in [-0.2, -0.15) is 0 Å². The number of nitrogens with one attached hydrogen (secondary N) is 4. The summed E-state index contributed by atoms with van der Waals surface area (Å²) in [5, 5.41) is 27.9. The second kappa shape index (κ2) is 15.8. The van der Waals surface area contributed by atoms with Crippen molar-refractivity contribution in [1.29, 1.82) is 0 Å². The summed E-state index contributed by atoms with van der Waals surface area (Å²) < 4.78 is 0. The van der Waals surface area contributed by atoms with Crippen molar-refractivity contribution in [2.75, 3.05) is 30.3 Å². The molecular formula is C21H27BrN4O8S. The Kier molecular flexibility index (Phi) is 13.6. The summed E-state index contributed by atoms with van der Waals surface area (Å²) in [5.74, 6) is -3.96. The first-order chi connectivity index (χ1) is 16.6. The average molecular weight is 575 g/mol. The van der Waals surface area contributed by atoms with Crippen LogP contribution < -0.4 is 21.3 Å². The minimum Gasteiger partial charge on any atom is -0.474 e. The molecule has 0 radical (unpaired) electrons. The normalized spacial score (nSPS) is 11.2. The van der Waals surface area contributed by atoms with E-state index in [1.165, 1.54) is 13.0 Å². The molecule has 0 saturated carbocycles. The molecule has 4 amide bonds. The standard InChI is InChI=1S/C21H27BrN4O8S/c1-12(28)35-11-14-8-15(25-20(32)21(33)34)3-2-13(14)4-6-24-19(31)16(10-27)26-17(29)5-7-23-18(30)9-22/h2-3,8,16,27H,4-7,9-11H2,1H3,(H,23,30)(H,24,31)(H,25,32)(H,26,29)(H,33,34)/t16-/m0/s1. The second-order valence-electron chi connectivity index (χ2n) is 7.10. The van der Waals surface area contributed by atoms with Crippen LogP contribution in [-0.4, -0.2) is 76.0 Å². The van der Waals surface area contributed by atoms with Gasteiger partial charge >= 0.3 is 11.9 Å². The quantitative estimate of drug-likeness (QED) is 0.133. The maximum Gasteiger partial charge on any atom is 0.394 e. The number of thioether (sulfide) groups is 1. The molecule has 0 bridgehead atoms. The molecule has 1 rings (SSSR count). The number of hydrogen-bond donors (Lipinski definition) is 6. The minimum atomic E-state index is -1.63. The number of amides is 4. The van der Waals surface area contributed by atoms with E-state index in [-0.39, 0.29) is 47.3 Å². The van der Waals surface area contributed by atoms with Crippen LogP contribution in [0, 0.1) is 0 Å². The number of carboxylic acids is 1. The third kappa shape index (κ3) is 11.8. The van der Waals surface area contributed by atoms with Crippen LogP contribution in [0.5, 0.6) is 0 Å². The molecule has 6 N–H and O–H groups in total. The molecule has 0 unspecified atom stereocenters. The highest BCUT2D eigenvalue weighted by molar-refractivity contribution is 9.09. The molecule has 14 heteroatoms. The average Bonchev–Trinajstić information content (AvgIpc) is 2.81. The Morgan fingerprint density at radius 1 is 1.03 bits per heavy atom. The van der Waals surface area contributed by atoms with Gasteiger partial charge in [0.2, 0.25) is 17.7 Å². The number of carbonyl (C=O) groups is 6. The Bertz CT molecular complexity index is 959. The van der Waals surface area contributed by atoms with Gasteiger partial charge in [-0.1, -0.05) is 33.8 Å². The zero-order valence-electron chi connectivity index (χ0n) is 18.9. The SMILES string of the molecule is CC(=O)SCc1cc(NC(=O)C(=O)O)ccc1CCNC(=O)[C@H](CO)NC(=O)CCNC(=O)CBr. The number of carboxylic acid groups (broad SMARTS) is 1. The predicted octanol–water partition coefficient (Wildman–Crippen LogP) is -0.474. The first kappa shape index (κ1) is 30.1. The van der Waals surface area contributed by atoms with Crippen LogP contribution in [-0.2, 0) is 40.9 Å². The highest BCUT2D eigenvalue weighted by Gasteiger charge is 2.20. The molecular weight excluding hydrogens is 548 g/mol. The summed E-state index contributed by atoms with van der Waals surface area (Å²) >= 11 is 4.01. The molecule has 0 aliphatic rings. The Morgan fingerprint density at radius 3 is 2.34 bits per heavy atom. The van der Waals surface area contributed by atoms with Crippen molar-refractivity contribution in [3.63, 3.8) is 0 Å².